The van der Waals surface area contributed by atoms with Gasteiger partial charge in [-0.1, -0.05) is 36.4 Å². The van der Waals surface area contributed by atoms with Crippen molar-refractivity contribution in [2.45, 2.75) is 12.6 Å². The number of para-hydroxylation sites is 1. The summed E-state index contributed by atoms with van der Waals surface area (Å²) in [4.78, 5) is 28.3. The van der Waals surface area contributed by atoms with E-state index >= 15 is 0 Å². The Balaban J connectivity index is 0.000000436. The molecule has 2 aromatic rings. The van der Waals surface area contributed by atoms with Crippen LogP contribution in [0.5, 0.6) is 0 Å². The lowest BCUT2D eigenvalue weighted by atomic mass is 9.99. The Kier molecular flexibility index (Phi) is 9.80. The molecule has 2 aromatic carbocycles. The second kappa shape index (κ2) is 13.0. The van der Waals surface area contributed by atoms with Gasteiger partial charge in [-0.2, -0.15) is 13.2 Å². The third-order valence-corrected chi connectivity index (χ3v) is 5.94. The van der Waals surface area contributed by atoms with Gasteiger partial charge in [-0.25, -0.2) is 14.6 Å². The maximum atomic E-state index is 13.3. The zero-order valence-electron chi connectivity index (χ0n) is 20.4. The minimum Gasteiger partial charge on any atom is -0.478 e. The Morgan fingerprint density at radius 2 is 1.61 bits per heavy atom. The standard InChI is InChI=1S/C23H24F3N3O.C4H4O4/c24-23(25,26)19-6-3-5-18(16-19)20-9-8-17-4-1-2-7-21(17)27-22(20)29-12-10-28(11-13-29)14-15-30;5-3(6)1-2-4(7)8/h1-7,9,16,30H,8,10-15H2;1-2H,(H,5,6)(H,7,8)/b;2-1+. The molecule has 38 heavy (non-hydrogen) atoms. The molecule has 2 aliphatic heterocycles. The Morgan fingerprint density at radius 3 is 2.21 bits per heavy atom. The highest BCUT2D eigenvalue weighted by molar-refractivity contribution is 6.23. The van der Waals surface area contributed by atoms with Gasteiger partial charge in [-0.15, -0.1) is 0 Å². The number of alkyl halides is 3. The average molecular weight is 532 g/mol. The number of allylic oxidation sites excluding steroid dienone is 1. The normalized spacial score (nSPS) is 16.1. The first-order valence-electron chi connectivity index (χ1n) is 11.9. The van der Waals surface area contributed by atoms with Gasteiger partial charge >= 0.3 is 18.1 Å². The number of aliphatic imine (C=N–C) groups is 1. The number of aliphatic hydroxyl groups is 1. The van der Waals surface area contributed by atoms with Gasteiger partial charge in [0.2, 0.25) is 0 Å². The molecule has 11 heteroatoms. The minimum atomic E-state index is -4.39. The van der Waals surface area contributed by atoms with Gasteiger partial charge in [0.05, 0.1) is 17.9 Å². The molecule has 0 aliphatic carbocycles. The lowest BCUT2D eigenvalue weighted by Gasteiger charge is -2.36. The molecular weight excluding hydrogens is 503 g/mol. The zero-order valence-corrected chi connectivity index (χ0v) is 20.4. The summed E-state index contributed by atoms with van der Waals surface area (Å²) in [7, 11) is 0. The van der Waals surface area contributed by atoms with Crippen LogP contribution >= 0.6 is 0 Å². The summed E-state index contributed by atoms with van der Waals surface area (Å²) in [6.45, 7) is 3.70. The number of carboxylic acid groups (broad SMARTS) is 2. The summed E-state index contributed by atoms with van der Waals surface area (Å²) < 4.78 is 39.9. The van der Waals surface area contributed by atoms with Gasteiger partial charge in [-0.05, 0) is 35.7 Å². The van der Waals surface area contributed by atoms with Gasteiger partial charge in [0, 0.05) is 50.4 Å². The Labute approximate surface area is 217 Å². The fourth-order valence-corrected chi connectivity index (χ4v) is 4.09. The number of aliphatic hydroxyl groups excluding tert-OH is 1. The van der Waals surface area contributed by atoms with Crippen LogP contribution in [0.1, 0.15) is 16.7 Å². The molecule has 0 unspecified atom stereocenters. The topological polar surface area (TPSA) is 114 Å². The Hall–Kier alpha value is -3.96. The van der Waals surface area contributed by atoms with E-state index in [2.05, 4.69) is 9.80 Å². The van der Waals surface area contributed by atoms with E-state index in [1.165, 1.54) is 12.1 Å². The van der Waals surface area contributed by atoms with E-state index in [1.807, 2.05) is 30.3 Å². The minimum absolute atomic E-state index is 0.115. The maximum absolute atomic E-state index is 13.3. The van der Waals surface area contributed by atoms with Gasteiger partial charge in [0.25, 0.3) is 0 Å². The summed E-state index contributed by atoms with van der Waals surface area (Å²) >= 11 is 0. The fourth-order valence-electron chi connectivity index (χ4n) is 4.09. The second-order valence-corrected chi connectivity index (χ2v) is 8.53. The second-order valence-electron chi connectivity index (χ2n) is 8.53. The number of piperazine rings is 1. The predicted octanol–water partition coefficient (Wildman–Crippen LogP) is 3.70. The van der Waals surface area contributed by atoms with Crippen molar-refractivity contribution in [3.8, 4) is 0 Å². The van der Waals surface area contributed by atoms with Crippen LogP contribution in [0.2, 0.25) is 0 Å². The maximum Gasteiger partial charge on any atom is 0.416 e. The number of carboxylic acids is 2. The number of hydrogen-bond acceptors (Lipinski definition) is 6. The molecule has 0 bridgehead atoms. The van der Waals surface area contributed by atoms with Crippen molar-refractivity contribution in [3.05, 3.63) is 83.4 Å². The average Bonchev–Trinajstić information content (AvgIpc) is 3.08. The molecule has 0 atom stereocenters. The molecule has 0 amide bonds. The Morgan fingerprint density at radius 1 is 0.947 bits per heavy atom. The van der Waals surface area contributed by atoms with E-state index in [0.717, 1.165) is 36.0 Å². The van der Waals surface area contributed by atoms with Crippen LogP contribution in [0.15, 0.2) is 71.8 Å². The Bertz CT molecular complexity index is 1220. The molecule has 3 N–H and O–H groups in total. The predicted molar refractivity (Wildman–Crippen MR) is 136 cm³/mol. The monoisotopic (exact) mass is 531 g/mol. The number of β-amino-alcohol motifs (C(OH)–C–C–N with tert-alkyl or cyclic N) is 1. The quantitative estimate of drug-likeness (QED) is 0.505. The molecule has 1 saturated heterocycles. The SMILES string of the molecule is O=C(O)/C=C/C(=O)O.OCCN1CCN(C2=Nc3ccccc3CC=C2c2cccc(C(F)(F)F)c2)CC1. The lowest BCUT2D eigenvalue weighted by Crippen LogP contribution is -2.49. The smallest absolute Gasteiger partial charge is 0.416 e. The molecule has 0 radical (unpaired) electrons. The number of rotatable bonds is 5. The number of benzene rings is 2. The van der Waals surface area contributed by atoms with Crippen LogP contribution in [0, 0.1) is 0 Å². The molecule has 4 rings (SSSR count). The molecule has 0 spiro atoms. The third-order valence-electron chi connectivity index (χ3n) is 5.94. The number of fused-ring (bicyclic) bond motifs is 1. The van der Waals surface area contributed by atoms with Crippen molar-refractivity contribution in [2.75, 3.05) is 39.3 Å². The van der Waals surface area contributed by atoms with Gasteiger partial charge in [0.15, 0.2) is 0 Å². The lowest BCUT2D eigenvalue weighted by molar-refractivity contribution is -0.137. The van der Waals surface area contributed by atoms with Crippen molar-refractivity contribution in [1.29, 1.82) is 0 Å². The van der Waals surface area contributed by atoms with Crippen molar-refractivity contribution in [1.82, 2.24) is 9.80 Å². The summed E-state index contributed by atoms with van der Waals surface area (Å²) in [5, 5.41) is 24.8. The number of hydrogen-bond donors (Lipinski definition) is 3. The van der Waals surface area contributed by atoms with Crippen LogP contribution in [0.4, 0.5) is 18.9 Å². The van der Waals surface area contributed by atoms with Crippen molar-refractivity contribution in [3.63, 3.8) is 0 Å². The van der Waals surface area contributed by atoms with E-state index in [4.69, 9.17) is 15.2 Å². The molecule has 2 heterocycles. The number of aliphatic carboxylic acids is 2. The number of nitrogens with zero attached hydrogens (tertiary/aromatic N) is 3. The van der Waals surface area contributed by atoms with E-state index in [1.54, 1.807) is 6.07 Å². The van der Waals surface area contributed by atoms with Crippen LogP contribution in [0.25, 0.3) is 5.57 Å². The molecule has 2 aliphatic rings. The van der Waals surface area contributed by atoms with E-state index in [-0.39, 0.29) is 6.61 Å². The number of halogens is 3. The first-order chi connectivity index (χ1) is 18.1. The van der Waals surface area contributed by atoms with Crippen LogP contribution in [-0.2, 0) is 22.2 Å². The summed E-state index contributed by atoms with van der Waals surface area (Å²) in [5.74, 6) is -1.80. The largest absolute Gasteiger partial charge is 0.478 e. The summed E-state index contributed by atoms with van der Waals surface area (Å²) in [6.07, 6.45) is -0.679. The molecular formula is C27H28F3N3O5. The highest BCUT2D eigenvalue weighted by atomic mass is 19.4. The van der Waals surface area contributed by atoms with Crippen molar-refractivity contribution >= 4 is 29.0 Å². The third kappa shape index (κ3) is 8.02. The van der Waals surface area contributed by atoms with Gasteiger partial charge in [-0.3, -0.25) is 4.90 Å². The zero-order chi connectivity index (χ0) is 27.7. The molecule has 0 saturated carbocycles. The number of amidine groups is 1. The van der Waals surface area contributed by atoms with E-state index in [0.29, 0.717) is 49.6 Å². The molecule has 1 fully saturated rings. The first-order valence-corrected chi connectivity index (χ1v) is 11.9. The molecule has 8 nitrogen and oxygen atoms in total. The van der Waals surface area contributed by atoms with Crippen LogP contribution < -0.4 is 0 Å². The van der Waals surface area contributed by atoms with Crippen LogP contribution in [-0.4, -0.2) is 82.2 Å². The fraction of sp³-hybridized carbons (Fsp3) is 0.296. The number of carbonyl (C=O) groups is 2. The summed E-state index contributed by atoms with van der Waals surface area (Å²) in [5.41, 5.74) is 2.50. The highest BCUT2D eigenvalue weighted by Gasteiger charge is 2.31. The molecule has 0 aromatic heterocycles. The van der Waals surface area contributed by atoms with Gasteiger partial charge in [0.1, 0.15) is 5.84 Å². The molecule has 202 valence electrons. The van der Waals surface area contributed by atoms with E-state index < -0.39 is 23.7 Å². The van der Waals surface area contributed by atoms with Crippen LogP contribution in [0.3, 0.4) is 0 Å². The van der Waals surface area contributed by atoms with Gasteiger partial charge < -0.3 is 20.2 Å². The van der Waals surface area contributed by atoms with Crippen molar-refractivity contribution < 1.29 is 38.1 Å². The van der Waals surface area contributed by atoms with Crippen molar-refractivity contribution in [2.24, 2.45) is 4.99 Å². The summed E-state index contributed by atoms with van der Waals surface area (Å²) in [6, 6.07) is 13.3. The highest BCUT2D eigenvalue weighted by Crippen LogP contribution is 2.34. The first kappa shape index (κ1) is 28.6. The van der Waals surface area contributed by atoms with E-state index in [9.17, 15) is 27.9 Å².